The van der Waals surface area contributed by atoms with Gasteiger partial charge in [0.25, 0.3) is 23.6 Å². The molecule has 0 aliphatic carbocycles. The number of halogens is 2. The molecule has 3 rings (SSSR count). The minimum Gasteiger partial charge on any atom is -0.390 e. The van der Waals surface area contributed by atoms with Gasteiger partial charge in [0.1, 0.15) is 11.6 Å². The van der Waals surface area contributed by atoms with Crippen LogP contribution in [-0.2, 0) is 6.42 Å². The number of nitrogens with zero attached hydrogens (tertiary/aromatic N) is 3. The normalized spacial score (nSPS) is 12.3. The van der Waals surface area contributed by atoms with Gasteiger partial charge in [-0.2, -0.15) is 0 Å². The summed E-state index contributed by atoms with van der Waals surface area (Å²) in [7, 11) is 3.12. The van der Waals surface area contributed by atoms with Gasteiger partial charge in [-0.1, -0.05) is 45.4 Å². The molecule has 0 radical (unpaired) electrons. The third kappa shape index (κ3) is 11.7. The van der Waals surface area contributed by atoms with Crippen molar-refractivity contribution in [3.8, 4) is 0 Å². The van der Waals surface area contributed by atoms with Crippen LogP contribution < -0.4 is 10.7 Å². The Kier molecular flexibility index (Phi) is 15.5. The smallest absolute Gasteiger partial charge is 0.265 e. The summed E-state index contributed by atoms with van der Waals surface area (Å²) in [6.45, 7) is 7.12. The van der Waals surface area contributed by atoms with E-state index in [2.05, 4.69) is 10.7 Å². The fraction of sp³-hybridized carbons (Fsp3) is 0.421. The van der Waals surface area contributed by atoms with Crippen molar-refractivity contribution in [3.63, 3.8) is 0 Å². The number of hydrogen-bond donors (Lipinski definition) is 3. The van der Waals surface area contributed by atoms with Crippen LogP contribution in [0.25, 0.3) is 0 Å². The summed E-state index contributed by atoms with van der Waals surface area (Å²) in [6, 6.07) is 14.7. The fourth-order valence-corrected chi connectivity index (χ4v) is 5.51. The molecule has 50 heavy (non-hydrogen) atoms. The molecule has 0 saturated carbocycles. The summed E-state index contributed by atoms with van der Waals surface area (Å²) in [5, 5.41) is 15.9. The van der Waals surface area contributed by atoms with E-state index in [0.29, 0.717) is 31.6 Å². The third-order valence-electron chi connectivity index (χ3n) is 8.01. The SMILES string of the molecule is CCCCN(CC(O)C(Cc1cc(F)cc(F)c1)NC(=O)c1cc(C(=O)N(C)C)cc(C(=O)N(CCC)CCC)c1)NC(=O)c1ccccc1. The van der Waals surface area contributed by atoms with Crippen LogP contribution in [0.1, 0.15) is 93.4 Å². The zero-order valence-electron chi connectivity index (χ0n) is 29.5. The van der Waals surface area contributed by atoms with Gasteiger partial charge in [0.05, 0.1) is 12.1 Å². The Morgan fingerprint density at radius 3 is 1.86 bits per heavy atom. The molecule has 0 aliphatic rings. The van der Waals surface area contributed by atoms with Gasteiger partial charge >= 0.3 is 0 Å². The number of unbranched alkanes of at least 4 members (excludes halogenated alkanes) is 1. The molecule has 0 fully saturated rings. The van der Waals surface area contributed by atoms with Crippen molar-refractivity contribution < 1.29 is 33.1 Å². The van der Waals surface area contributed by atoms with Gasteiger partial charge in [-0.3, -0.25) is 24.6 Å². The Balaban J connectivity index is 1.99. The van der Waals surface area contributed by atoms with Crippen molar-refractivity contribution in [1.82, 2.24) is 25.6 Å². The second kappa shape index (κ2) is 19.5. The summed E-state index contributed by atoms with van der Waals surface area (Å²) < 4.78 is 28.4. The van der Waals surface area contributed by atoms with Crippen molar-refractivity contribution >= 4 is 23.6 Å². The molecule has 0 saturated heterocycles. The minimum atomic E-state index is -1.34. The second-order valence-corrected chi connectivity index (χ2v) is 12.5. The molecule has 2 unspecified atom stereocenters. The van der Waals surface area contributed by atoms with Crippen molar-refractivity contribution in [1.29, 1.82) is 0 Å². The number of carbonyl (C=O) groups excluding carboxylic acids is 4. The average molecular weight is 694 g/mol. The van der Waals surface area contributed by atoms with E-state index in [9.17, 15) is 33.1 Å². The van der Waals surface area contributed by atoms with Crippen molar-refractivity contribution in [2.45, 2.75) is 65.0 Å². The maximum absolute atomic E-state index is 14.2. The summed E-state index contributed by atoms with van der Waals surface area (Å²) in [6.07, 6.45) is 1.42. The molecule has 4 amide bonds. The molecular formula is C38H49F2N5O5. The van der Waals surface area contributed by atoms with Crippen LogP contribution in [0.5, 0.6) is 0 Å². The predicted molar refractivity (Wildman–Crippen MR) is 189 cm³/mol. The predicted octanol–water partition coefficient (Wildman–Crippen LogP) is 5.08. The van der Waals surface area contributed by atoms with Crippen LogP contribution in [0.15, 0.2) is 66.7 Å². The van der Waals surface area contributed by atoms with Gasteiger partial charge in [0, 0.05) is 68.6 Å². The average Bonchev–Trinajstić information content (AvgIpc) is 3.09. The highest BCUT2D eigenvalue weighted by Crippen LogP contribution is 2.18. The van der Waals surface area contributed by atoms with E-state index < -0.39 is 35.6 Å². The molecule has 0 aliphatic heterocycles. The summed E-state index contributed by atoms with van der Waals surface area (Å²) >= 11 is 0. The maximum atomic E-state index is 14.2. The van der Waals surface area contributed by atoms with Gasteiger partial charge in [0.15, 0.2) is 0 Å². The number of carbonyl (C=O) groups is 4. The minimum absolute atomic E-state index is 0.00293. The second-order valence-electron chi connectivity index (χ2n) is 12.5. The summed E-state index contributed by atoms with van der Waals surface area (Å²) in [5.41, 5.74) is 3.69. The Bertz CT molecular complexity index is 1580. The number of benzene rings is 3. The van der Waals surface area contributed by atoms with E-state index in [4.69, 9.17) is 0 Å². The van der Waals surface area contributed by atoms with Crippen LogP contribution in [-0.4, -0.2) is 96.0 Å². The highest BCUT2D eigenvalue weighted by Gasteiger charge is 2.28. The first kappa shape index (κ1) is 39.8. The molecule has 0 spiro atoms. The van der Waals surface area contributed by atoms with Gasteiger partial charge in [0.2, 0.25) is 0 Å². The van der Waals surface area contributed by atoms with Gasteiger partial charge in [-0.25, -0.2) is 13.8 Å². The first-order chi connectivity index (χ1) is 23.9. The van der Waals surface area contributed by atoms with Crippen LogP contribution >= 0.6 is 0 Å². The number of aliphatic hydroxyl groups excluding tert-OH is 1. The van der Waals surface area contributed by atoms with Crippen LogP contribution in [0.3, 0.4) is 0 Å². The first-order valence-corrected chi connectivity index (χ1v) is 17.1. The lowest BCUT2D eigenvalue weighted by Gasteiger charge is -2.30. The van der Waals surface area contributed by atoms with E-state index in [-0.39, 0.29) is 47.0 Å². The van der Waals surface area contributed by atoms with E-state index in [1.165, 1.54) is 23.1 Å². The summed E-state index contributed by atoms with van der Waals surface area (Å²) in [5.74, 6) is -3.48. The standard InChI is InChI=1S/C38H49F2N5O5/c1-6-9-17-45(42-36(48)27-13-11-10-12-14-27)25-34(46)33(20-26-18-31(39)24-32(40)19-26)41-35(47)28-21-29(37(49)43(4)5)23-30(22-28)38(50)44(15-7-2)16-8-3/h10-14,18-19,21-24,33-34,46H,6-9,15-17,20,25H2,1-5H3,(H,41,47)(H,42,48). The molecule has 270 valence electrons. The van der Waals surface area contributed by atoms with E-state index in [1.54, 1.807) is 54.3 Å². The molecule has 3 aromatic rings. The highest BCUT2D eigenvalue weighted by molar-refractivity contribution is 6.04. The zero-order valence-corrected chi connectivity index (χ0v) is 29.5. The van der Waals surface area contributed by atoms with Gasteiger partial charge < -0.3 is 20.2 Å². The van der Waals surface area contributed by atoms with Crippen molar-refractivity contribution in [3.05, 3.63) is 106 Å². The lowest BCUT2D eigenvalue weighted by molar-refractivity contribution is 0.0446. The first-order valence-electron chi connectivity index (χ1n) is 17.1. The lowest BCUT2D eigenvalue weighted by Crippen LogP contribution is -2.53. The number of aliphatic hydroxyl groups is 1. The Morgan fingerprint density at radius 2 is 1.30 bits per heavy atom. The largest absolute Gasteiger partial charge is 0.390 e. The highest BCUT2D eigenvalue weighted by atomic mass is 19.1. The number of nitrogens with one attached hydrogen (secondary N) is 2. The molecule has 0 heterocycles. The topological polar surface area (TPSA) is 122 Å². The van der Waals surface area contributed by atoms with E-state index >= 15 is 0 Å². The van der Waals surface area contributed by atoms with Crippen LogP contribution in [0.2, 0.25) is 0 Å². The number of hydrogen-bond acceptors (Lipinski definition) is 6. The Morgan fingerprint density at radius 1 is 0.720 bits per heavy atom. The van der Waals surface area contributed by atoms with E-state index in [1.807, 2.05) is 20.8 Å². The number of hydrazine groups is 1. The molecule has 2 atom stereocenters. The quantitative estimate of drug-likeness (QED) is 0.160. The molecule has 3 N–H and O–H groups in total. The zero-order chi connectivity index (χ0) is 36.8. The number of rotatable bonds is 18. The maximum Gasteiger partial charge on any atom is 0.265 e. The molecule has 10 nitrogen and oxygen atoms in total. The summed E-state index contributed by atoms with van der Waals surface area (Å²) in [4.78, 5) is 56.6. The molecule has 12 heteroatoms. The van der Waals surface area contributed by atoms with Gasteiger partial charge in [-0.15, -0.1) is 0 Å². The fourth-order valence-electron chi connectivity index (χ4n) is 5.51. The van der Waals surface area contributed by atoms with E-state index in [0.717, 1.165) is 37.5 Å². The molecular weight excluding hydrogens is 644 g/mol. The molecule has 3 aromatic carbocycles. The van der Waals surface area contributed by atoms with Crippen LogP contribution in [0, 0.1) is 11.6 Å². The molecule has 0 aromatic heterocycles. The number of amides is 4. The van der Waals surface area contributed by atoms with Crippen molar-refractivity contribution in [2.24, 2.45) is 0 Å². The Labute approximate surface area is 293 Å². The van der Waals surface area contributed by atoms with Crippen molar-refractivity contribution in [2.75, 3.05) is 40.3 Å². The lowest BCUT2D eigenvalue weighted by atomic mass is 9.98. The third-order valence-corrected chi connectivity index (χ3v) is 8.01. The monoisotopic (exact) mass is 693 g/mol. The Hall–Kier alpha value is -4.68. The van der Waals surface area contributed by atoms with Crippen LogP contribution in [0.4, 0.5) is 8.78 Å². The molecule has 0 bridgehead atoms. The van der Waals surface area contributed by atoms with Gasteiger partial charge in [-0.05, 0) is 73.7 Å².